The lowest BCUT2D eigenvalue weighted by molar-refractivity contribution is 0.281. The summed E-state index contributed by atoms with van der Waals surface area (Å²) in [5.74, 6) is -0.164. The first kappa shape index (κ1) is 17.6. The van der Waals surface area contributed by atoms with Crippen LogP contribution in [0.3, 0.4) is 0 Å². The zero-order valence-corrected chi connectivity index (χ0v) is 15.4. The molecule has 4 heteroatoms. The quantitative estimate of drug-likeness (QED) is 0.741. The molecular weight excluding hydrogens is 367 g/mol. The van der Waals surface area contributed by atoms with Crippen LogP contribution in [0.1, 0.15) is 36.8 Å². The van der Waals surface area contributed by atoms with Crippen molar-refractivity contribution >= 4 is 15.9 Å². The van der Waals surface area contributed by atoms with Crippen molar-refractivity contribution in [2.45, 2.75) is 50.9 Å². The van der Waals surface area contributed by atoms with E-state index in [2.05, 4.69) is 50.8 Å². The highest BCUT2D eigenvalue weighted by Crippen LogP contribution is 2.20. The molecule has 0 aromatic heterocycles. The topological polar surface area (TPSA) is 24.1 Å². The molecule has 2 N–H and O–H groups in total. The molecule has 1 fully saturated rings. The summed E-state index contributed by atoms with van der Waals surface area (Å²) in [6.07, 6.45) is 4.90. The molecule has 2 aromatic carbocycles. The second-order valence-corrected chi connectivity index (χ2v) is 7.43. The number of nitrogens with one attached hydrogen (secondary N) is 2. The molecule has 3 rings (SSSR count). The molecule has 2 nitrogen and oxygen atoms in total. The third kappa shape index (κ3) is 5.13. The highest BCUT2D eigenvalue weighted by atomic mass is 79.9. The van der Waals surface area contributed by atoms with Gasteiger partial charge in [-0.2, -0.15) is 0 Å². The van der Waals surface area contributed by atoms with Crippen molar-refractivity contribution in [3.63, 3.8) is 0 Å². The first-order valence-corrected chi connectivity index (χ1v) is 9.46. The van der Waals surface area contributed by atoms with Crippen molar-refractivity contribution < 1.29 is 4.39 Å². The Morgan fingerprint density at radius 2 is 1.50 bits per heavy atom. The summed E-state index contributed by atoms with van der Waals surface area (Å²) < 4.78 is 14.4. The summed E-state index contributed by atoms with van der Waals surface area (Å²) in [4.78, 5) is 0. The van der Waals surface area contributed by atoms with Crippen molar-refractivity contribution in [2.24, 2.45) is 0 Å². The summed E-state index contributed by atoms with van der Waals surface area (Å²) in [6, 6.07) is 16.2. The third-order valence-corrected chi connectivity index (χ3v) is 5.23. The van der Waals surface area contributed by atoms with Crippen molar-refractivity contribution in [3.8, 4) is 0 Å². The van der Waals surface area contributed by atoms with Crippen molar-refractivity contribution in [1.29, 1.82) is 0 Å². The normalized spacial score (nSPS) is 20.9. The van der Waals surface area contributed by atoms with E-state index in [9.17, 15) is 4.39 Å². The first-order chi connectivity index (χ1) is 11.7. The average molecular weight is 391 g/mol. The summed E-state index contributed by atoms with van der Waals surface area (Å²) in [5, 5.41) is 7.33. The molecule has 1 aliphatic rings. The second kappa shape index (κ2) is 8.75. The number of hydrogen-bond donors (Lipinski definition) is 2. The van der Waals surface area contributed by atoms with Crippen LogP contribution in [0.2, 0.25) is 0 Å². The largest absolute Gasteiger partial charge is 0.308 e. The van der Waals surface area contributed by atoms with Gasteiger partial charge in [-0.3, -0.25) is 0 Å². The molecular formula is C20H24BrFN2. The second-order valence-electron chi connectivity index (χ2n) is 6.52. The number of halogens is 2. The molecule has 0 bridgehead atoms. The predicted molar refractivity (Wildman–Crippen MR) is 100 cm³/mol. The summed E-state index contributed by atoms with van der Waals surface area (Å²) in [6.45, 7) is 1.61. The fourth-order valence-corrected chi connectivity index (χ4v) is 3.63. The van der Waals surface area contributed by atoms with Gasteiger partial charge in [0.05, 0.1) is 0 Å². The van der Waals surface area contributed by atoms with Gasteiger partial charge in [0.15, 0.2) is 0 Å². The lowest BCUT2D eigenvalue weighted by Crippen LogP contribution is -2.49. The standard InChI is InChI=1S/C20H24BrFN2/c21-17-10-8-15(9-11-17)13-23-19-6-1-2-7-20(19)24-14-16-4-3-5-18(22)12-16/h3-5,8-12,19-20,23-24H,1-2,6-7,13-14H2. The molecule has 2 unspecified atom stereocenters. The highest BCUT2D eigenvalue weighted by Gasteiger charge is 2.24. The Labute approximate surface area is 152 Å². The monoisotopic (exact) mass is 390 g/mol. The van der Waals surface area contributed by atoms with Crippen molar-refractivity contribution in [2.75, 3.05) is 0 Å². The van der Waals surface area contributed by atoms with Gasteiger partial charge >= 0.3 is 0 Å². The van der Waals surface area contributed by atoms with Gasteiger partial charge in [0, 0.05) is 29.6 Å². The molecule has 2 aromatic rings. The Morgan fingerprint density at radius 3 is 2.12 bits per heavy atom. The Balaban J connectivity index is 1.53. The van der Waals surface area contributed by atoms with Crippen LogP contribution in [0.4, 0.5) is 4.39 Å². The predicted octanol–water partition coefficient (Wildman–Crippen LogP) is 4.78. The van der Waals surface area contributed by atoms with Crippen LogP contribution in [-0.4, -0.2) is 12.1 Å². The van der Waals surface area contributed by atoms with E-state index in [4.69, 9.17) is 0 Å². The van der Waals surface area contributed by atoms with Crippen molar-refractivity contribution in [1.82, 2.24) is 10.6 Å². The van der Waals surface area contributed by atoms with E-state index in [1.807, 2.05) is 6.07 Å². The van der Waals surface area contributed by atoms with Crippen LogP contribution in [-0.2, 0) is 13.1 Å². The van der Waals surface area contributed by atoms with Gasteiger partial charge in [-0.05, 0) is 48.2 Å². The molecule has 128 valence electrons. The summed E-state index contributed by atoms with van der Waals surface area (Å²) in [7, 11) is 0. The van der Waals surface area contributed by atoms with Gasteiger partial charge in [-0.25, -0.2) is 4.39 Å². The molecule has 1 saturated carbocycles. The van der Waals surface area contributed by atoms with E-state index < -0.39 is 0 Å². The van der Waals surface area contributed by atoms with Crippen LogP contribution in [0.5, 0.6) is 0 Å². The zero-order chi connectivity index (χ0) is 16.8. The SMILES string of the molecule is Fc1cccc(CNC2CCCCC2NCc2ccc(Br)cc2)c1. The minimum Gasteiger partial charge on any atom is -0.308 e. The maximum absolute atomic E-state index is 13.3. The summed E-state index contributed by atoms with van der Waals surface area (Å²) >= 11 is 3.47. The Kier molecular flexibility index (Phi) is 6.41. The molecule has 0 amide bonds. The number of rotatable bonds is 6. The van der Waals surface area contributed by atoms with Crippen LogP contribution in [0, 0.1) is 5.82 Å². The van der Waals surface area contributed by atoms with Gasteiger partial charge in [0.25, 0.3) is 0 Å². The zero-order valence-electron chi connectivity index (χ0n) is 13.8. The van der Waals surface area contributed by atoms with Crippen LogP contribution >= 0.6 is 15.9 Å². The smallest absolute Gasteiger partial charge is 0.123 e. The lowest BCUT2D eigenvalue weighted by Gasteiger charge is -2.33. The third-order valence-electron chi connectivity index (χ3n) is 4.70. The maximum Gasteiger partial charge on any atom is 0.123 e. The molecule has 0 radical (unpaired) electrons. The van der Waals surface area contributed by atoms with Crippen LogP contribution in [0.15, 0.2) is 53.0 Å². The fraction of sp³-hybridized carbons (Fsp3) is 0.400. The minimum absolute atomic E-state index is 0.164. The molecule has 0 aliphatic heterocycles. The van der Waals surface area contributed by atoms with E-state index in [1.165, 1.54) is 37.3 Å². The molecule has 0 heterocycles. The maximum atomic E-state index is 13.3. The van der Waals surface area contributed by atoms with Crippen LogP contribution in [0.25, 0.3) is 0 Å². The molecule has 24 heavy (non-hydrogen) atoms. The van der Waals surface area contributed by atoms with Gasteiger partial charge < -0.3 is 10.6 Å². The van der Waals surface area contributed by atoms with E-state index in [0.29, 0.717) is 12.1 Å². The molecule has 0 saturated heterocycles. The Morgan fingerprint density at radius 1 is 0.875 bits per heavy atom. The Bertz CT molecular complexity index is 644. The first-order valence-electron chi connectivity index (χ1n) is 8.66. The van der Waals surface area contributed by atoms with Gasteiger partial charge in [-0.1, -0.05) is 53.0 Å². The molecule has 0 spiro atoms. The van der Waals surface area contributed by atoms with E-state index >= 15 is 0 Å². The van der Waals surface area contributed by atoms with Gasteiger partial charge in [0.1, 0.15) is 5.82 Å². The highest BCUT2D eigenvalue weighted by molar-refractivity contribution is 9.10. The number of hydrogen-bond acceptors (Lipinski definition) is 2. The number of benzene rings is 2. The lowest BCUT2D eigenvalue weighted by atomic mass is 9.90. The van der Waals surface area contributed by atoms with E-state index in [-0.39, 0.29) is 5.82 Å². The minimum atomic E-state index is -0.164. The van der Waals surface area contributed by atoms with Crippen LogP contribution < -0.4 is 10.6 Å². The summed E-state index contributed by atoms with van der Waals surface area (Å²) in [5.41, 5.74) is 2.31. The fourth-order valence-electron chi connectivity index (χ4n) is 3.37. The Hall–Kier alpha value is -1.23. The van der Waals surface area contributed by atoms with E-state index in [0.717, 1.165) is 23.1 Å². The average Bonchev–Trinajstić information content (AvgIpc) is 2.60. The van der Waals surface area contributed by atoms with Crippen molar-refractivity contribution in [3.05, 3.63) is 69.9 Å². The molecule has 2 atom stereocenters. The molecule has 1 aliphatic carbocycles. The van der Waals surface area contributed by atoms with E-state index in [1.54, 1.807) is 12.1 Å². The van der Waals surface area contributed by atoms with Gasteiger partial charge in [-0.15, -0.1) is 0 Å². The van der Waals surface area contributed by atoms with Gasteiger partial charge in [0.2, 0.25) is 0 Å².